The molecule has 0 radical (unpaired) electrons. The Balaban J connectivity index is 1.77. The zero-order valence-corrected chi connectivity index (χ0v) is 18.5. The van der Waals surface area contributed by atoms with Crippen molar-refractivity contribution in [3.63, 3.8) is 0 Å². The average molecular weight is 470 g/mol. The molecule has 1 aliphatic rings. The van der Waals surface area contributed by atoms with Crippen LogP contribution < -0.4 is 20.1 Å². The molecule has 0 unspecified atom stereocenters. The molecular weight excluding hydrogens is 446 g/mol. The fourth-order valence-corrected chi connectivity index (χ4v) is 6.19. The molecule has 0 aromatic heterocycles. The second kappa shape index (κ2) is 8.73. The number of ether oxygens (including phenoxy) is 1. The van der Waals surface area contributed by atoms with E-state index in [1.165, 1.54) is 44.4 Å². The van der Waals surface area contributed by atoms with Gasteiger partial charge in [-0.05, 0) is 42.5 Å². The molecule has 12 heteroatoms. The van der Waals surface area contributed by atoms with Crippen molar-refractivity contribution in [2.75, 3.05) is 34.0 Å². The normalized spacial score (nSPS) is 20.1. The summed E-state index contributed by atoms with van der Waals surface area (Å²) in [5.41, 5.74) is 1.10. The van der Waals surface area contributed by atoms with Gasteiger partial charge in [0.05, 0.1) is 30.8 Å². The van der Waals surface area contributed by atoms with Crippen LogP contribution in [0.1, 0.15) is 6.92 Å². The molecule has 2 atom stereocenters. The number of sulfonamides is 1. The number of methoxy groups -OCH3 is 1. The van der Waals surface area contributed by atoms with Gasteiger partial charge in [-0.15, -0.1) is 0 Å². The fourth-order valence-electron chi connectivity index (χ4n) is 3.19. The van der Waals surface area contributed by atoms with Gasteiger partial charge in [-0.3, -0.25) is 9.52 Å². The Morgan fingerprint density at radius 2 is 1.68 bits per heavy atom. The van der Waals surface area contributed by atoms with Crippen LogP contribution in [-0.2, 0) is 24.7 Å². The number of aliphatic hydroxyl groups excluding tert-OH is 1. The third kappa shape index (κ3) is 5.66. The fraction of sp³-hybridized carbons (Fsp3) is 0.316. The Morgan fingerprint density at radius 3 is 2.23 bits per heavy atom. The third-order valence-corrected chi connectivity index (χ3v) is 7.70. The molecular formula is C19H23N3O7S2. The summed E-state index contributed by atoms with van der Waals surface area (Å²) in [4.78, 5) is 11.1. The van der Waals surface area contributed by atoms with E-state index in [1.807, 2.05) is 0 Å². The molecule has 4 N–H and O–H groups in total. The molecule has 1 amide bonds. The van der Waals surface area contributed by atoms with E-state index in [0.717, 1.165) is 0 Å². The number of sulfone groups is 1. The Labute approximate surface area is 180 Å². The van der Waals surface area contributed by atoms with E-state index < -0.39 is 32.0 Å². The zero-order valence-electron chi connectivity index (χ0n) is 16.8. The van der Waals surface area contributed by atoms with E-state index in [9.17, 15) is 26.7 Å². The van der Waals surface area contributed by atoms with Crippen molar-refractivity contribution in [3.8, 4) is 5.75 Å². The number of nitrogens with one attached hydrogen (secondary N) is 3. The summed E-state index contributed by atoms with van der Waals surface area (Å²) in [5, 5.41) is 15.3. The molecule has 1 fully saturated rings. The molecule has 1 aliphatic heterocycles. The molecule has 1 saturated heterocycles. The summed E-state index contributed by atoms with van der Waals surface area (Å²) in [6, 6.07) is 9.76. The van der Waals surface area contributed by atoms with Crippen LogP contribution in [0.25, 0.3) is 0 Å². The first kappa shape index (κ1) is 22.8. The number of carbonyl (C=O) groups excluding carboxylic acids is 1. The lowest BCUT2D eigenvalue weighted by Crippen LogP contribution is -2.31. The van der Waals surface area contributed by atoms with Gasteiger partial charge in [-0.25, -0.2) is 16.8 Å². The molecule has 168 valence electrons. The molecule has 10 nitrogen and oxygen atoms in total. The summed E-state index contributed by atoms with van der Waals surface area (Å²) < 4.78 is 56.6. The predicted octanol–water partition coefficient (Wildman–Crippen LogP) is 1.02. The van der Waals surface area contributed by atoms with Gasteiger partial charge in [0.15, 0.2) is 9.84 Å². The maximum Gasteiger partial charge on any atom is 0.265 e. The van der Waals surface area contributed by atoms with Crippen molar-refractivity contribution >= 4 is 42.8 Å². The minimum atomic E-state index is -4.04. The van der Waals surface area contributed by atoms with Gasteiger partial charge in [0.1, 0.15) is 10.6 Å². The second-order valence-corrected chi connectivity index (χ2v) is 10.9. The van der Waals surface area contributed by atoms with Gasteiger partial charge in [-0.2, -0.15) is 0 Å². The largest absolute Gasteiger partial charge is 0.495 e. The topological polar surface area (TPSA) is 151 Å². The smallest absolute Gasteiger partial charge is 0.265 e. The van der Waals surface area contributed by atoms with Crippen LogP contribution in [0.3, 0.4) is 0 Å². The van der Waals surface area contributed by atoms with E-state index in [-0.39, 0.29) is 33.7 Å². The minimum absolute atomic E-state index is 0.108. The Hall–Kier alpha value is -2.83. The number of benzene rings is 2. The van der Waals surface area contributed by atoms with Gasteiger partial charge < -0.3 is 20.5 Å². The van der Waals surface area contributed by atoms with Crippen LogP contribution in [0.5, 0.6) is 5.75 Å². The lowest BCUT2D eigenvalue weighted by atomic mass is 10.2. The van der Waals surface area contributed by atoms with Gasteiger partial charge in [0, 0.05) is 24.0 Å². The molecule has 2 aromatic rings. The predicted molar refractivity (Wildman–Crippen MR) is 117 cm³/mol. The van der Waals surface area contributed by atoms with E-state index in [4.69, 9.17) is 4.74 Å². The number of anilines is 3. The van der Waals surface area contributed by atoms with E-state index in [0.29, 0.717) is 11.4 Å². The molecule has 0 spiro atoms. The number of rotatable bonds is 7. The highest BCUT2D eigenvalue weighted by molar-refractivity contribution is 7.93. The lowest BCUT2D eigenvalue weighted by Gasteiger charge is -2.17. The van der Waals surface area contributed by atoms with Gasteiger partial charge in [0.25, 0.3) is 10.0 Å². The Bertz CT molecular complexity index is 1180. The SMILES string of the molecule is COc1ccc(NC(C)=O)cc1S(=O)(=O)Nc1ccc(N[C@H]2CS(=O)(=O)C[C@H]2O)cc1. The zero-order chi connectivity index (χ0) is 22.8. The van der Waals surface area contributed by atoms with Crippen LogP contribution in [0.15, 0.2) is 47.4 Å². The van der Waals surface area contributed by atoms with Crippen molar-refractivity contribution in [2.45, 2.75) is 24.0 Å². The molecule has 31 heavy (non-hydrogen) atoms. The summed E-state index contributed by atoms with van der Waals surface area (Å²) >= 11 is 0. The molecule has 3 rings (SSSR count). The van der Waals surface area contributed by atoms with Crippen LogP contribution in [0.2, 0.25) is 0 Å². The first-order valence-electron chi connectivity index (χ1n) is 9.22. The average Bonchev–Trinajstić information content (AvgIpc) is 2.94. The molecule has 0 bridgehead atoms. The first-order valence-corrected chi connectivity index (χ1v) is 12.5. The van der Waals surface area contributed by atoms with Crippen LogP contribution in [0.4, 0.5) is 17.1 Å². The van der Waals surface area contributed by atoms with E-state index >= 15 is 0 Å². The first-order chi connectivity index (χ1) is 14.5. The molecule has 2 aromatic carbocycles. The summed E-state index contributed by atoms with van der Waals surface area (Å²) in [5.74, 6) is -0.699. The third-order valence-electron chi connectivity index (χ3n) is 4.59. The van der Waals surface area contributed by atoms with Crippen LogP contribution in [-0.4, -0.2) is 58.6 Å². The highest BCUT2D eigenvalue weighted by atomic mass is 32.2. The van der Waals surface area contributed by atoms with Crippen molar-refractivity contribution in [1.29, 1.82) is 0 Å². The van der Waals surface area contributed by atoms with Crippen LogP contribution in [0, 0.1) is 0 Å². The minimum Gasteiger partial charge on any atom is -0.495 e. The van der Waals surface area contributed by atoms with Gasteiger partial charge in [0.2, 0.25) is 5.91 Å². The maximum atomic E-state index is 12.9. The van der Waals surface area contributed by atoms with Crippen molar-refractivity contribution < 1.29 is 31.5 Å². The van der Waals surface area contributed by atoms with Gasteiger partial charge >= 0.3 is 0 Å². The molecule has 0 saturated carbocycles. The summed E-state index contributed by atoms with van der Waals surface area (Å²) in [6.45, 7) is 1.31. The number of aliphatic hydroxyl groups is 1. The standard InChI is InChI=1S/C19H23N3O7S2/c1-12(23)20-15-7-8-18(29-2)19(9-15)31(27,28)22-14-5-3-13(4-6-14)21-16-10-30(25,26)11-17(16)24/h3-9,16-17,21-22,24H,10-11H2,1-2H3,(H,20,23)/t16-,17+/m0/s1. The monoisotopic (exact) mass is 469 g/mol. The Kier molecular flexibility index (Phi) is 6.43. The number of hydrogen-bond donors (Lipinski definition) is 4. The number of hydrogen-bond acceptors (Lipinski definition) is 8. The quantitative estimate of drug-likeness (QED) is 0.469. The lowest BCUT2D eigenvalue weighted by molar-refractivity contribution is -0.114. The number of carbonyl (C=O) groups is 1. The van der Waals surface area contributed by atoms with Gasteiger partial charge in [-0.1, -0.05) is 0 Å². The maximum absolute atomic E-state index is 12.9. The van der Waals surface area contributed by atoms with E-state index in [2.05, 4.69) is 15.4 Å². The Morgan fingerprint density at radius 1 is 1.06 bits per heavy atom. The van der Waals surface area contributed by atoms with Crippen molar-refractivity contribution in [1.82, 2.24) is 0 Å². The van der Waals surface area contributed by atoms with Crippen molar-refractivity contribution in [3.05, 3.63) is 42.5 Å². The van der Waals surface area contributed by atoms with Crippen molar-refractivity contribution in [2.24, 2.45) is 0 Å². The molecule has 1 heterocycles. The molecule has 0 aliphatic carbocycles. The summed E-state index contributed by atoms with van der Waals surface area (Å²) in [6.07, 6.45) is -1.01. The second-order valence-electron chi connectivity index (χ2n) is 7.12. The highest BCUT2D eigenvalue weighted by Gasteiger charge is 2.36. The number of amides is 1. The summed E-state index contributed by atoms with van der Waals surface area (Å²) in [7, 11) is -5.99. The highest BCUT2D eigenvalue weighted by Crippen LogP contribution is 2.29. The van der Waals surface area contributed by atoms with E-state index in [1.54, 1.807) is 12.1 Å². The van der Waals surface area contributed by atoms with Crippen LogP contribution >= 0.6 is 0 Å².